The molecule has 260 valence electrons. The molecule has 0 radical (unpaired) electrons. The first-order valence-electron chi connectivity index (χ1n) is 11.1. The van der Waals surface area contributed by atoms with Crippen molar-refractivity contribution in [1.82, 2.24) is 0 Å². The van der Waals surface area contributed by atoms with Gasteiger partial charge >= 0.3 is 140 Å². The molecule has 6 heterocycles. The molecule has 13 nitrogen and oxygen atoms in total. The van der Waals surface area contributed by atoms with Gasteiger partial charge in [-0.15, -0.1) is 0 Å². The van der Waals surface area contributed by atoms with Gasteiger partial charge in [0.2, 0.25) is 0 Å². The van der Waals surface area contributed by atoms with Crippen LogP contribution in [0, 0.1) is 11.3 Å². The topological polar surface area (TPSA) is 207 Å². The number of pyridine rings is 3. The summed E-state index contributed by atoms with van der Waals surface area (Å²) in [7, 11) is -18.7. The maximum atomic E-state index is 10.7. The van der Waals surface area contributed by atoms with E-state index in [1.807, 2.05) is 0 Å². The fourth-order valence-corrected chi connectivity index (χ4v) is 12.2. The van der Waals surface area contributed by atoms with Crippen LogP contribution in [0.15, 0.2) is 73.2 Å². The third kappa shape index (κ3) is 11.0. The van der Waals surface area contributed by atoms with Crippen LogP contribution in [-0.4, -0.2) is 70.8 Å². The number of hydrogen-bond acceptors (Lipinski definition) is 10. The summed E-state index contributed by atoms with van der Waals surface area (Å²) >= 11 is -1.55. The normalized spacial score (nSPS) is 16.3. The summed E-state index contributed by atoms with van der Waals surface area (Å²) in [6, 6.07) is 21.6. The second kappa shape index (κ2) is 15.5. The summed E-state index contributed by atoms with van der Waals surface area (Å²) < 4.78 is 184. The van der Waals surface area contributed by atoms with Crippen molar-refractivity contribution in [3.05, 3.63) is 73.2 Å². The minimum absolute atomic E-state index is 0.426. The van der Waals surface area contributed by atoms with Crippen molar-refractivity contribution in [2.75, 3.05) is 0 Å². The van der Waals surface area contributed by atoms with E-state index in [2.05, 4.69) is 83.6 Å². The number of rotatable bonds is 0. The number of nitriles is 1. The van der Waals surface area contributed by atoms with Gasteiger partial charge in [-0.2, -0.15) is 44.8 Å². The molecule has 3 aliphatic heterocycles. The van der Waals surface area contributed by atoms with Gasteiger partial charge in [0.15, 0.2) is 30.4 Å². The summed E-state index contributed by atoms with van der Waals surface area (Å²) in [6.45, 7) is 1.43. The molecule has 0 saturated heterocycles. The van der Waals surface area contributed by atoms with Gasteiger partial charge in [0, 0.05) is 6.92 Å². The van der Waals surface area contributed by atoms with E-state index in [1.54, 1.807) is 6.07 Å². The zero-order valence-electron chi connectivity index (χ0n) is 22.4. The summed E-state index contributed by atoms with van der Waals surface area (Å²) in [5.74, 6) is 0. The van der Waals surface area contributed by atoms with Gasteiger partial charge in [0.1, 0.15) is 0 Å². The van der Waals surface area contributed by atoms with E-state index >= 15 is 0 Å². The third-order valence-corrected chi connectivity index (χ3v) is 14.4. The van der Waals surface area contributed by atoms with Crippen LogP contribution in [0.3, 0.4) is 0 Å². The summed E-state index contributed by atoms with van der Waals surface area (Å²) in [4.78, 5) is 0. The molecule has 0 fully saturated rings. The van der Waals surface area contributed by atoms with Gasteiger partial charge in [-0.3, -0.25) is 0 Å². The Bertz CT molecular complexity index is 1660. The Morgan fingerprint density at radius 2 is 0.787 bits per heavy atom. The van der Waals surface area contributed by atoms with Gasteiger partial charge in [0.05, 0.1) is 6.07 Å². The van der Waals surface area contributed by atoms with Gasteiger partial charge in [-0.25, -0.2) is 25.3 Å². The predicted octanol–water partition coefficient (Wildman–Crippen LogP) is -0.452. The van der Waals surface area contributed by atoms with E-state index in [0.717, 1.165) is 0 Å². The second-order valence-corrected chi connectivity index (χ2v) is 17.7. The molecule has 0 aromatic carbocycles. The SMILES string of the molecule is CC#N.O=S(=O)([O-])C(F)(F)F.O=S(=O)([O-])C(F)(F)F.O=S(=O)([O-])C(F)(F)F.c1cc[n+]2c(c1)P1c3cccc[n+]3[As]2[n+]2ccccc21. The Kier molecular flexibility index (Phi) is 13.9. The maximum absolute atomic E-state index is 10.7. The van der Waals surface area contributed by atoms with Crippen molar-refractivity contribution in [2.24, 2.45) is 0 Å². The van der Waals surface area contributed by atoms with Crippen LogP contribution < -0.4 is 26.8 Å². The molecule has 3 aromatic rings. The monoisotopic (exact) mass is 828 g/mol. The van der Waals surface area contributed by atoms with E-state index < -0.39 is 70.1 Å². The molecule has 6 rings (SSSR count). The third-order valence-electron chi connectivity index (χ3n) is 4.57. The molecule has 0 unspecified atom stereocenters. The van der Waals surface area contributed by atoms with Crippen molar-refractivity contribution in [1.29, 1.82) is 5.26 Å². The van der Waals surface area contributed by atoms with Crippen LogP contribution >= 0.6 is 7.92 Å². The first-order valence-corrected chi connectivity index (χ1v) is 19.2. The molecule has 0 N–H and O–H groups in total. The summed E-state index contributed by atoms with van der Waals surface area (Å²) in [6.07, 6.45) is 6.78. The molecule has 0 aliphatic carbocycles. The zero-order chi connectivity index (χ0) is 36.8. The van der Waals surface area contributed by atoms with Crippen molar-refractivity contribution in [3.8, 4) is 6.07 Å². The molecule has 0 amide bonds. The molecule has 3 aromatic heterocycles. The molecular weight excluding hydrogens is 813 g/mol. The van der Waals surface area contributed by atoms with Crippen LogP contribution in [0.1, 0.15) is 6.92 Å². The Balaban J connectivity index is 0.000000346. The molecule has 47 heavy (non-hydrogen) atoms. The van der Waals surface area contributed by atoms with Gasteiger partial charge in [-0.1, -0.05) is 0 Å². The Labute approximate surface area is 266 Å². The first-order chi connectivity index (χ1) is 21.1. The molecular formula is C20H15AsF9N4O9PS3. The Morgan fingerprint density at radius 1 is 0.596 bits per heavy atom. The second-order valence-electron chi connectivity index (χ2n) is 7.74. The molecule has 0 spiro atoms. The number of aromatic nitrogens is 3. The van der Waals surface area contributed by atoms with Crippen LogP contribution in [0.2, 0.25) is 0 Å². The quantitative estimate of drug-likeness (QED) is 0.0646. The molecule has 0 saturated carbocycles. The van der Waals surface area contributed by atoms with Crippen molar-refractivity contribution in [3.63, 3.8) is 0 Å². The first kappa shape index (κ1) is 42.1. The van der Waals surface area contributed by atoms with E-state index in [9.17, 15) is 39.5 Å². The molecule has 2 bridgehead atoms. The number of alkyl halides is 9. The van der Waals surface area contributed by atoms with Crippen LogP contribution in [0.25, 0.3) is 0 Å². The summed E-state index contributed by atoms with van der Waals surface area (Å²) in [5.41, 5.74) is -12.4. The predicted molar refractivity (Wildman–Crippen MR) is 136 cm³/mol. The Hall–Kier alpha value is -2.97. The average molecular weight is 828 g/mol. The van der Waals surface area contributed by atoms with Crippen molar-refractivity contribution in [2.45, 2.75) is 23.4 Å². The summed E-state index contributed by atoms with van der Waals surface area (Å²) in [5, 5.41) is 7.32. The van der Waals surface area contributed by atoms with Crippen LogP contribution in [-0.2, 0) is 30.4 Å². The Morgan fingerprint density at radius 3 is 0.957 bits per heavy atom. The van der Waals surface area contributed by atoms with Crippen molar-refractivity contribution < 1.29 is 88.9 Å². The molecule has 3 aliphatic rings. The number of nitrogens with zero attached hydrogens (tertiary/aromatic N) is 4. The zero-order valence-corrected chi connectivity index (χ0v) is 27.6. The average Bonchev–Trinajstić information content (AvgIpc) is 2.91. The molecule has 27 heteroatoms. The fraction of sp³-hybridized carbons (Fsp3) is 0.200. The van der Waals surface area contributed by atoms with E-state index in [1.165, 1.54) is 23.2 Å². The van der Waals surface area contributed by atoms with Gasteiger partial charge < -0.3 is 13.7 Å². The van der Waals surface area contributed by atoms with Crippen molar-refractivity contribution >= 4 is 69.9 Å². The van der Waals surface area contributed by atoms with Gasteiger partial charge in [0.25, 0.3) is 0 Å². The number of halogens is 9. The van der Waals surface area contributed by atoms with E-state index in [0.29, 0.717) is 0 Å². The van der Waals surface area contributed by atoms with E-state index in [4.69, 9.17) is 44.2 Å². The van der Waals surface area contributed by atoms with Crippen LogP contribution in [0.4, 0.5) is 39.5 Å². The molecule has 0 atom stereocenters. The minimum atomic E-state index is -6.09. The van der Waals surface area contributed by atoms with Crippen LogP contribution in [0.5, 0.6) is 0 Å². The van der Waals surface area contributed by atoms with E-state index in [-0.39, 0.29) is 0 Å². The van der Waals surface area contributed by atoms with Gasteiger partial charge in [-0.05, 0) is 0 Å². The number of hydrogen-bond donors (Lipinski definition) is 0. The fourth-order valence-electron chi connectivity index (χ4n) is 2.93. The standard InChI is InChI=1S/C15H12AsN3P.C2H3N.3CHF3O3S/c1-4-10-17-13(7-1)20-14-8-2-5-11-18(14)16(17)19-12-6-3-9-15(19)20;1-2-3;3*2-1(3,4)8(5,6)7/h1-12H;1H3;3*(H,5,6,7)/q+3;;;;/p-3.